The van der Waals surface area contributed by atoms with Gasteiger partial charge in [0.05, 0.1) is 5.75 Å². The molecule has 4 aliphatic carbocycles. The Morgan fingerprint density at radius 1 is 1.05 bits per heavy atom. The second-order valence-electron chi connectivity index (χ2n) is 13.4. The molecule has 0 aromatic rings. The van der Waals surface area contributed by atoms with Crippen LogP contribution in [0.3, 0.4) is 0 Å². The molecule has 210 valence electrons. The molecular weight excluding hydrogens is 490 g/mol. The molecule has 37 heavy (non-hydrogen) atoms. The van der Waals surface area contributed by atoms with Crippen LogP contribution in [0.25, 0.3) is 0 Å². The number of ketones is 2. The molecule has 4 rings (SSSR count). The molecule has 4 saturated carbocycles. The summed E-state index contributed by atoms with van der Waals surface area (Å²) in [6.07, 6.45) is 7.99. The van der Waals surface area contributed by atoms with Gasteiger partial charge in [0, 0.05) is 37.1 Å². The van der Waals surface area contributed by atoms with Gasteiger partial charge in [-0.05, 0) is 85.4 Å². The smallest absolute Gasteiger partial charge is 0.266 e. The Hall–Kier alpha value is -1.28. The van der Waals surface area contributed by atoms with Gasteiger partial charge in [0.15, 0.2) is 0 Å². The first-order valence-corrected chi connectivity index (χ1v) is 16.1. The first kappa shape index (κ1) is 28.7. The zero-order chi connectivity index (χ0) is 27.3. The molecule has 4 fully saturated rings. The molecule has 0 aromatic heterocycles. The number of nitrogens with one attached hydrogen (secondary N) is 1. The van der Waals surface area contributed by atoms with Crippen LogP contribution in [0.5, 0.6) is 0 Å². The van der Waals surface area contributed by atoms with E-state index in [0.717, 1.165) is 38.5 Å². The van der Waals surface area contributed by atoms with Crippen LogP contribution in [0.4, 0.5) is 0 Å². The fourth-order valence-electron chi connectivity index (χ4n) is 9.73. The zero-order valence-electron chi connectivity index (χ0n) is 23.3. The molecule has 10 atom stereocenters. The van der Waals surface area contributed by atoms with Crippen molar-refractivity contribution in [2.45, 2.75) is 92.4 Å². The van der Waals surface area contributed by atoms with Crippen LogP contribution in [-0.2, 0) is 24.5 Å². The summed E-state index contributed by atoms with van der Waals surface area (Å²) in [5.74, 6) is 1.64. The average molecular weight is 538 g/mol. The number of hydrogen-bond acceptors (Lipinski definition) is 5. The fraction of sp³-hybridized carbons (Fsp3) is 0.897. The van der Waals surface area contributed by atoms with E-state index in [2.05, 4.69) is 33.0 Å². The van der Waals surface area contributed by atoms with Gasteiger partial charge in [-0.3, -0.25) is 18.9 Å². The zero-order valence-corrected chi connectivity index (χ0v) is 24.1. The minimum Gasteiger partial charge on any atom is -0.355 e. The van der Waals surface area contributed by atoms with E-state index in [0.29, 0.717) is 54.5 Å². The lowest BCUT2D eigenvalue weighted by atomic mass is 9.42. The summed E-state index contributed by atoms with van der Waals surface area (Å²) in [5.41, 5.74) is 0.149. The molecule has 7 nitrogen and oxygen atoms in total. The Morgan fingerprint density at radius 2 is 1.73 bits per heavy atom. The molecule has 0 saturated heterocycles. The van der Waals surface area contributed by atoms with Crippen molar-refractivity contribution in [1.82, 2.24) is 5.32 Å². The second-order valence-corrected chi connectivity index (χ2v) is 15.0. The van der Waals surface area contributed by atoms with E-state index in [1.165, 1.54) is 0 Å². The highest BCUT2D eigenvalue weighted by Crippen LogP contribution is 2.68. The van der Waals surface area contributed by atoms with Crippen molar-refractivity contribution in [2.75, 3.05) is 12.3 Å². The third kappa shape index (κ3) is 5.18. The largest absolute Gasteiger partial charge is 0.355 e. The maximum absolute atomic E-state index is 14.1. The van der Waals surface area contributed by atoms with Crippen LogP contribution in [0, 0.1) is 58.2 Å². The van der Waals surface area contributed by atoms with E-state index in [9.17, 15) is 22.8 Å². The summed E-state index contributed by atoms with van der Waals surface area (Å²) >= 11 is 0. The molecule has 0 bridgehead atoms. The number of carbonyl (C=O) groups excluding carboxylic acids is 3. The minimum atomic E-state index is -4.10. The molecule has 4 aliphatic rings. The van der Waals surface area contributed by atoms with Gasteiger partial charge in [0.2, 0.25) is 5.91 Å². The summed E-state index contributed by atoms with van der Waals surface area (Å²) in [6.45, 7) is 10.9. The van der Waals surface area contributed by atoms with E-state index in [-0.39, 0.29) is 47.0 Å². The standard InChI is InChI=1S/C29H47NO6S/c1-6-20-24-16-19(31)9-11-29(24,5)23-10-12-28(4)21(7-8-22(28)25(23)26(20)32)17(2)15-18(3)27(33)30-13-14-37(34,35)36/h17-18,20-25H,6-16H2,1-5H3,(H,30,33)(H,34,35,36)/t17-,18+,20-,21-,22?,23?,24?,25?,28-,29-/m1/s1. The summed E-state index contributed by atoms with van der Waals surface area (Å²) < 4.78 is 30.8. The van der Waals surface area contributed by atoms with Gasteiger partial charge in [-0.1, -0.05) is 34.6 Å². The number of rotatable bonds is 8. The first-order valence-electron chi connectivity index (χ1n) is 14.5. The van der Waals surface area contributed by atoms with Gasteiger partial charge >= 0.3 is 0 Å². The maximum Gasteiger partial charge on any atom is 0.266 e. The van der Waals surface area contributed by atoms with Crippen LogP contribution < -0.4 is 5.32 Å². The summed E-state index contributed by atoms with van der Waals surface area (Å²) in [4.78, 5) is 39.0. The Bertz CT molecular complexity index is 1030. The maximum atomic E-state index is 14.1. The molecule has 2 N–H and O–H groups in total. The Kier molecular flexibility index (Phi) is 8.04. The lowest BCUT2D eigenvalue weighted by Gasteiger charge is -2.61. The van der Waals surface area contributed by atoms with Gasteiger partial charge < -0.3 is 5.32 Å². The number of amides is 1. The first-order chi connectivity index (χ1) is 17.2. The summed E-state index contributed by atoms with van der Waals surface area (Å²) in [5, 5.41) is 2.64. The van der Waals surface area contributed by atoms with Crippen LogP contribution in [0.2, 0.25) is 0 Å². The summed E-state index contributed by atoms with van der Waals surface area (Å²) in [6, 6.07) is 0. The van der Waals surface area contributed by atoms with Crippen LogP contribution >= 0.6 is 0 Å². The van der Waals surface area contributed by atoms with Gasteiger partial charge in [-0.2, -0.15) is 8.42 Å². The van der Waals surface area contributed by atoms with E-state index in [1.807, 2.05) is 6.92 Å². The number of Topliss-reactive ketones (excluding diaryl/α,β-unsaturated/α-hetero) is 2. The molecule has 4 unspecified atom stereocenters. The normalized spacial score (nSPS) is 41.4. The van der Waals surface area contributed by atoms with Crippen molar-refractivity contribution in [3.63, 3.8) is 0 Å². The van der Waals surface area contributed by atoms with Crippen molar-refractivity contribution in [3.05, 3.63) is 0 Å². The topological polar surface area (TPSA) is 118 Å². The van der Waals surface area contributed by atoms with E-state index in [4.69, 9.17) is 4.55 Å². The van der Waals surface area contributed by atoms with Crippen LogP contribution in [-0.4, -0.2) is 42.7 Å². The van der Waals surface area contributed by atoms with Crippen molar-refractivity contribution >= 4 is 27.6 Å². The minimum absolute atomic E-state index is 0.000719. The Morgan fingerprint density at radius 3 is 2.38 bits per heavy atom. The third-order valence-corrected chi connectivity index (χ3v) is 12.3. The molecule has 0 aromatic carbocycles. The second kappa shape index (κ2) is 10.4. The SMILES string of the molecule is CC[C@H]1C(=O)C2C(CC[C@@]3(C)C2CC[C@@H]3[C@H](C)C[C@H](C)C(=O)NCCS(=O)(=O)O)[C@@]2(C)CCC(=O)CC12. The Balaban J connectivity index is 1.48. The predicted molar refractivity (Wildman–Crippen MR) is 142 cm³/mol. The molecule has 1 amide bonds. The lowest BCUT2D eigenvalue weighted by molar-refractivity contribution is -0.170. The predicted octanol–water partition coefficient (Wildman–Crippen LogP) is 4.70. The van der Waals surface area contributed by atoms with E-state index in [1.54, 1.807) is 0 Å². The number of carbonyl (C=O) groups is 3. The van der Waals surface area contributed by atoms with Crippen molar-refractivity contribution < 1.29 is 27.4 Å². The molecule has 0 heterocycles. The number of fused-ring (bicyclic) bond motifs is 5. The van der Waals surface area contributed by atoms with Crippen LogP contribution in [0.1, 0.15) is 92.4 Å². The highest BCUT2D eigenvalue weighted by atomic mass is 32.2. The van der Waals surface area contributed by atoms with E-state index < -0.39 is 15.9 Å². The van der Waals surface area contributed by atoms with Crippen molar-refractivity contribution in [3.8, 4) is 0 Å². The van der Waals surface area contributed by atoms with Gasteiger partial charge in [-0.15, -0.1) is 0 Å². The molecule has 8 heteroatoms. The molecule has 0 aliphatic heterocycles. The van der Waals surface area contributed by atoms with E-state index >= 15 is 0 Å². The molecular formula is C29H47NO6S. The Labute approximate surface area is 223 Å². The van der Waals surface area contributed by atoms with Crippen LogP contribution in [0.15, 0.2) is 0 Å². The molecule has 0 radical (unpaired) electrons. The third-order valence-electron chi connectivity index (χ3n) is 11.6. The quantitative estimate of drug-likeness (QED) is 0.434. The monoisotopic (exact) mass is 537 g/mol. The van der Waals surface area contributed by atoms with Crippen molar-refractivity contribution in [1.29, 1.82) is 0 Å². The summed E-state index contributed by atoms with van der Waals surface area (Å²) in [7, 11) is -4.10. The lowest BCUT2D eigenvalue weighted by Crippen LogP contribution is -2.60. The highest BCUT2D eigenvalue weighted by molar-refractivity contribution is 7.85. The highest BCUT2D eigenvalue weighted by Gasteiger charge is 2.65. The van der Waals surface area contributed by atoms with Gasteiger partial charge in [0.1, 0.15) is 11.6 Å². The average Bonchev–Trinajstić information content (AvgIpc) is 3.16. The number of hydrogen-bond donors (Lipinski definition) is 2. The van der Waals surface area contributed by atoms with Gasteiger partial charge in [-0.25, -0.2) is 0 Å². The molecule has 0 spiro atoms. The van der Waals surface area contributed by atoms with Crippen molar-refractivity contribution in [2.24, 2.45) is 58.2 Å². The fourth-order valence-corrected chi connectivity index (χ4v) is 10.1. The van der Waals surface area contributed by atoms with Gasteiger partial charge in [0.25, 0.3) is 10.1 Å².